The van der Waals surface area contributed by atoms with Crippen LogP contribution in [0.5, 0.6) is 11.5 Å². The topological polar surface area (TPSA) is 50.8 Å². The van der Waals surface area contributed by atoms with Crippen molar-refractivity contribution in [1.29, 1.82) is 0 Å². The fourth-order valence-corrected chi connectivity index (χ4v) is 4.13. The molecule has 124 valence electrons. The van der Waals surface area contributed by atoms with Gasteiger partial charge in [0.2, 0.25) is 0 Å². The van der Waals surface area contributed by atoms with Crippen molar-refractivity contribution >= 4 is 23.5 Å². The van der Waals surface area contributed by atoms with E-state index in [4.69, 9.17) is 9.47 Å². The van der Waals surface area contributed by atoms with Crippen LogP contribution in [0.3, 0.4) is 0 Å². The number of rotatable bonds is 2. The zero-order valence-electron chi connectivity index (χ0n) is 13.1. The Hall–Kier alpha value is -2.34. The van der Waals surface area contributed by atoms with E-state index >= 15 is 0 Å². The number of benzene rings is 2. The van der Waals surface area contributed by atoms with Gasteiger partial charge < -0.3 is 19.7 Å². The van der Waals surface area contributed by atoms with Crippen molar-refractivity contribution in [2.75, 3.05) is 30.8 Å². The number of para-hydroxylation sites is 1. The van der Waals surface area contributed by atoms with Gasteiger partial charge in [0, 0.05) is 18.0 Å². The molecule has 0 unspecified atom stereocenters. The number of thioether (sulfide) groups is 1. The molecule has 2 amide bonds. The highest BCUT2D eigenvalue weighted by molar-refractivity contribution is 7.99. The fourth-order valence-electron chi connectivity index (χ4n) is 2.88. The second-order valence-corrected chi connectivity index (χ2v) is 6.80. The van der Waals surface area contributed by atoms with Crippen molar-refractivity contribution in [3.63, 3.8) is 0 Å². The van der Waals surface area contributed by atoms with Crippen molar-refractivity contribution in [3.05, 3.63) is 54.1 Å². The van der Waals surface area contributed by atoms with E-state index in [2.05, 4.69) is 5.32 Å². The Labute approximate surface area is 144 Å². The second-order valence-electron chi connectivity index (χ2n) is 5.62. The molecular formula is C18H18N2O3S. The lowest BCUT2D eigenvalue weighted by atomic mass is 10.1. The third-order valence-electron chi connectivity index (χ3n) is 4.03. The Morgan fingerprint density at radius 1 is 1.08 bits per heavy atom. The van der Waals surface area contributed by atoms with Crippen molar-refractivity contribution in [1.82, 2.24) is 4.90 Å². The Kier molecular flexibility index (Phi) is 4.21. The van der Waals surface area contributed by atoms with E-state index in [1.165, 1.54) is 0 Å². The molecule has 0 aromatic heterocycles. The molecule has 5 nitrogen and oxygen atoms in total. The number of nitrogens with zero attached hydrogens (tertiary/aromatic N) is 1. The summed E-state index contributed by atoms with van der Waals surface area (Å²) in [6.45, 7) is 1.87. The van der Waals surface area contributed by atoms with Crippen molar-refractivity contribution in [3.8, 4) is 11.5 Å². The molecule has 1 saturated heterocycles. The lowest BCUT2D eigenvalue weighted by molar-refractivity contribution is 0.171. The SMILES string of the molecule is O=C(Nc1ccccc1)N1CCS[C@@H]1c1ccc2c(c1)OCCO2. The molecule has 0 bridgehead atoms. The highest BCUT2D eigenvalue weighted by atomic mass is 32.2. The Morgan fingerprint density at radius 2 is 1.88 bits per heavy atom. The number of fused-ring (bicyclic) bond motifs is 1. The van der Waals surface area contributed by atoms with Gasteiger partial charge in [-0.2, -0.15) is 0 Å². The quantitative estimate of drug-likeness (QED) is 0.903. The molecule has 2 aromatic carbocycles. The van der Waals surface area contributed by atoms with Gasteiger partial charge in [0.1, 0.15) is 18.6 Å². The summed E-state index contributed by atoms with van der Waals surface area (Å²) in [4.78, 5) is 14.5. The number of hydrogen-bond donors (Lipinski definition) is 1. The third kappa shape index (κ3) is 3.01. The highest BCUT2D eigenvalue weighted by Gasteiger charge is 2.31. The van der Waals surface area contributed by atoms with Crippen molar-refractivity contribution < 1.29 is 14.3 Å². The molecule has 2 aliphatic heterocycles. The van der Waals surface area contributed by atoms with Crippen LogP contribution in [0.4, 0.5) is 10.5 Å². The molecule has 2 heterocycles. The summed E-state index contributed by atoms with van der Waals surface area (Å²) >= 11 is 1.76. The Morgan fingerprint density at radius 3 is 2.71 bits per heavy atom. The van der Waals surface area contributed by atoms with Gasteiger partial charge in [0.25, 0.3) is 0 Å². The van der Waals surface area contributed by atoms with Crippen molar-refractivity contribution in [2.24, 2.45) is 0 Å². The number of urea groups is 1. The molecule has 1 fully saturated rings. The summed E-state index contributed by atoms with van der Waals surface area (Å²) in [5.41, 5.74) is 1.87. The van der Waals surface area contributed by atoms with Crippen LogP contribution in [0.1, 0.15) is 10.9 Å². The Balaban J connectivity index is 1.53. The van der Waals surface area contributed by atoms with Gasteiger partial charge in [-0.15, -0.1) is 11.8 Å². The maximum atomic E-state index is 12.6. The molecule has 0 spiro atoms. The standard InChI is InChI=1S/C18H18N2O3S/c21-18(19-14-4-2-1-3-5-14)20-8-11-24-17(20)13-6-7-15-16(12-13)23-10-9-22-15/h1-7,12,17H,8-11H2,(H,19,21)/t17-/m1/s1. The van der Waals surface area contributed by atoms with Crippen LogP contribution in [0.2, 0.25) is 0 Å². The number of carbonyl (C=O) groups is 1. The van der Waals surface area contributed by atoms with Gasteiger partial charge in [0.15, 0.2) is 11.5 Å². The number of amides is 2. The van der Waals surface area contributed by atoms with Crippen LogP contribution in [0, 0.1) is 0 Å². The molecule has 2 aliphatic rings. The first-order chi connectivity index (χ1) is 11.8. The average molecular weight is 342 g/mol. The summed E-state index contributed by atoms with van der Waals surface area (Å²) in [6, 6.07) is 15.4. The van der Waals surface area contributed by atoms with E-state index < -0.39 is 0 Å². The Bertz CT molecular complexity index is 738. The van der Waals surface area contributed by atoms with Crippen LogP contribution in [0.15, 0.2) is 48.5 Å². The molecule has 1 N–H and O–H groups in total. The van der Waals surface area contributed by atoms with E-state index in [0.717, 1.165) is 35.0 Å². The number of anilines is 1. The third-order valence-corrected chi connectivity index (χ3v) is 5.29. The molecule has 1 atom stereocenters. The van der Waals surface area contributed by atoms with E-state index in [1.54, 1.807) is 11.8 Å². The van der Waals surface area contributed by atoms with Gasteiger partial charge in [-0.25, -0.2) is 4.79 Å². The molecule has 4 rings (SSSR count). The van der Waals surface area contributed by atoms with E-state index in [0.29, 0.717) is 13.2 Å². The minimum absolute atomic E-state index is 0.00969. The summed E-state index contributed by atoms with van der Waals surface area (Å²) < 4.78 is 11.2. The summed E-state index contributed by atoms with van der Waals surface area (Å²) in [7, 11) is 0. The van der Waals surface area contributed by atoms with Crippen LogP contribution in [-0.4, -0.2) is 36.4 Å². The minimum atomic E-state index is -0.0777. The monoisotopic (exact) mass is 342 g/mol. The normalized spacial score (nSPS) is 19.2. The highest BCUT2D eigenvalue weighted by Crippen LogP contribution is 2.41. The van der Waals surface area contributed by atoms with E-state index in [-0.39, 0.29) is 11.4 Å². The number of hydrogen-bond acceptors (Lipinski definition) is 4. The van der Waals surface area contributed by atoms with Gasteiger partial charge in [-0.1, -0.05) is 24.3 Å². The first-order valence-corrected chi connectivity index (χ1v) is 9.00. The largest absolute Gasteiger partial charge is 0.486 e. The maximum absolute atomic E-state index is 12.6. The predicted molar refractivity (Wildman–Crippen MR) is 94.8 cm³/mol. The zero-order valence-corrected chi connectivity index (χ0v) is 13.9. The first kappa shape index (κ1) is 15.2. The van der Waals surface area contributed by atoms with Gasteiger partial charge in [0.05, 0.1) is 0 Å². The van der Waals surface area contributed by atoms with E-state index in [9.17, 15) is 4.79 Å². The maximum Gasteiger partial charge on any atom is 0.323 e. The van der Waals surface area contributed by atoms with Gasteiger partial charge >= 0.3 is 6.03 Å². The minimum Gasteiger partial charge on any atom is -0.486 e. The van der Waals surface area contributed by atoms with Crippen LogP contribution in [0.25, 0.3) is 0 Å². The molecule has 6 heteroatoms. The van der Waals surface area contributed by atoms with Crippen LogP contribution < -0.4 is 14.8 Å². The first-order valence-electron chi connectivity index (χ1n) is 7.95. The lowest BCUT2D eigenvalue weighted by Gasteiger charge is -2.26. The summed E-state index contributed by atoms with van der Waals surface area (Å²) in [5.74, 6) is 2.45. The second kappa shape index (κ2) is 6.65. The molecule has 0 saturated carbocycles. The summed E-state index contributed by atoms with van der Waals surface area (Å²) in [6.07, 6.45) is 0. The van der Waals surface area contributed by atoms with Crippen molar-refractivity contribution in [2.45, 2.75) is 5.37 Å². The van der Waals surface area contributed by atoms with Crippen LogP contribution >= 0.6 is 11.8 Å². The molecular weight excluding hydrogens is 324 g/mol. The number of carbonyl (C=O) groups excluding carboxylic acids is 1. The smallest absolute Gasteiger partial charge is 0.323 e. The predicted octanol–water partition coefficient (Wildman–Crippen LogP) is 3.74. The fraction of sp³-hybridized carbons (Fsp3) is 0.278. The lowest BCUT2D eigenvalue weighted by Crippen LogP contribution is -2.34. The van der Waals surface area contributed by atoms with Gasteiger partial charge in [-0.05, 0) is 29.8 Å². The molecule has 2 aromatic rings. The average Bonchev–Trinajstić information content (AvgIpc) is 3.12. The zero-order chi connectivity index (χ0) is 16.4. The number of ether oxygens (including phenoxy) is 2. The van der Waals surface area contributed by atoms with Gasteiger partial charge in [-0.3, -0.25) is 0 Å². The molecule has 0 radical (unpaired) electrons. The molecule has 0 aliphatic carbocycles. The summed E-state index contributed by atoms with van der Waals surface area (Å²) in [5, 5.41) is 2.95. The number of nitrogens with one attached hydrogen (secondary N) is 1. The van der Waals surface area contributed by atoms with Crippen LogP contribution in [-0.2, 0) is 0 Å². The molecule has 24 heavy (non-hydrogen) atoms. The van der Waals surface area contributed by atoms with E-state index in [1.807, 2.05) is 53.4 Å².